The molecule has 0 aromatic heterocycles. The first-order valence-corrected chi connectivity index (χ1v) is 15.9. The quantitative estimate of drug-likeness (QED) is 0.209. The fourth-order valence-electron chi connectivity index (χ4n) is 5.20. The third kappa shape index (κ3) is 4.93. The second kappa shape index (κ2) is 9.28. The van der Waals surface area contributed by atoms with Gasteiger partial charge in [0.1, 0.15) is 7.14 Å². The molecule has 0 N–H and O–H groups in total. The van der Waals surface area contributed by atoms with Crippen LogP contribution in [-0.2, 0) is 27.0 Å². The summed E-state index contributed by atoms with van der Waals surface area (Å²) in [4.78, 5) is 0. The summed E-state index contributed by atoms with van der Waals surface area (Å²) in [5.41, 5.74) is 6.91. The van der Waals surface area contributed by atoms with Crippen molar-refractivity contribution in [3.05, 3.63) is 100 Å². The Morgan fingerprint density at radius 3 is 1.69 bits per heavy atom. The van der Waals surface area contributed by atoms with Crippen molar-refractivity contribution in [3.63, 3.8) is 0 Å². The molecule has 0 bridgehead atoms. The molecule has 3 heteroatoms. The predicted molar refractivity (Wildman–Crippen MR) is 167 cm³/mol. The molecule has 0 saturated carbocycles. The minimum absolute atomic E-state index is 0.00128. The van der Waals surface area contributed by atoms with E-state index in [9.17, 15) is 0 Å². The summed E-state index contributed by atoms with van der Waals surface area (Å²) < 4.78 is 17.1. The molecule has 36 heavy (non-hydrogen) atoms. The smallest absolute Gasteiger partial charge is 0.149 e. The van der Waals surface area contributed by atoms with Crippen molar-refractivity contribution in [2.45, 2.75) is 84.7 Å². The van der Waals surface area contributed by atoms with E-state index in [4.69, 9.17) is 0 Å². The summed E-state index contributed by atoms with van der Waals surface area (Å²) in [6.07, 6.45) is 0.556. The van der Waals surface area contributed by atoms with Crippen molar-refractivity contribution in [1.82, 2.24) is 0 Å². The van der Waals surface area contributed by atoms with Gasteiger partial charge in [-0.15, -0.1) is 0 Å². The summed E-state index contributed by atoms with van der Waals surface area (Å²) in [5, 5.41) is 2.10. The van der Waals surface area contributed by atoms with E-state index in [1.54, 1.807) is 0 Å². The zero-order valence-corrected chi connectivity index (χ0v) is 26.3. The maximum atomic E-state index is 16.0. The molecule has 1 aliphatic heterocycles. The topological polar surface area (TPSA) is 17.1 Å². The van der Waals surface area contributed by atoms with Crippen LogP contribution in [0.2, 0.25) is 0 Å². The summed E-state index contributed by atoms with van der Waals surface area (Å²) in [5.74, 6) is 0. The first kappa shape index (κ1) is 27.4. The van der Waals surface area contributed by atoms with Gasteiger partial charge in [-0.1, -0.05) is 129 Å². The second-order valence-corrected chi connectivity index (χ2v) is 17.0. The maximum Gasteiger partial charge on any atom is 0.149 e. The van der Waals surface area contributed by atoms with Gasteiger partial charge in [-0.05, 0) is 72.2 Å². The van der Waals surface area contributed by atoms with E-state index < -0.39 is 7.14 Å². The van der Waals surface area contributed by atoms with Crippen LogP contribution in [0.25, 0.3) is 8.89 Å². The summed E-state index contributed by atoms with van der Waals surface area (Å²) in [7, 11) is -3.05. The van der Waals surface area contributed by atoms with E-state index in [2.05, 4.69) is 146 Å². The van der Waals surface area contributed by atoms with Gasteiger partial charge in [-0.25, -0.2) is 0 Å². The molecule has 0 amide bonds. The van der Waals surface area contributed by atoms with Crippen LogP contribution < -0.4 is 5.30 Å². The van der Waals surface area contributed by atoms with Crippen LogP contribution in [0.1, 0.15) is 95.7 Å². The Morgan fingerprint density at radius 2 is 1.19 bits per heavy atom. The molecule has 0 saturated heterocycles. The van der Waals surface area contributed by atoms with Gasteiger partial charge in [0.25, 0.3) is 0 Å². The van der Waals surface area contributed by atoms with Gasteiger partial charge in [0, 0.05) is 20.4 Å². The summed E-state index contributed by atoms with van der Waals surface area (Å²) >= 11 is 2.46. The highest BCUT2D eigenvalue weighted by atomic mass is 127. The largest absolute Gasteiger partial charge is 0.313 e. The van der Waals surface area contributed by atoms with E-state index in [0.29, 0.717) is 6.16 Å². The minimum atomic E-state index is -3.05. The predicted octanol–water partition coefficient (Wildman–Crippen LogP) is 10.0. The van der Waals surface area contributed by atoms with Crippen molar-refractivity contribution < 1.29 is 4.57 Å². The standard InChI is InChI=1S/C33H40IOP/c1-31(2,3)24-19-26(32(4,5)6)30(27(20-24)33(7,8)9)36(35)21-23-17-13-14-18-25(23)28(34)29(36)22-15-11-10-12-16-22/h10-20H,21H2,1-9H3. The average molecular weight is 611 g/mol. The van der Waals surface area contributed by atoms with Gasteiger partial charge < -0.3 is 4.57 Å². The number of hydrogen-bond donors (Lipinski definition) is 0. The van der Waals surface area contributed by atoms with Crippen molar-refractivity contribution in [2.75, 3.05) is 0 Å². The maximum absolute atomic E-state index is 16.0. The van der Waals surface area contributed by atoms with E-state index in [0.717, 1.165) is 19.8 Å². The highest BCUT2D eigenvalue weighted by molar-refractivity contribution is 14.1. The molecule has 1 atom stereocenters. The zero-order chi connectivity index (χ0) is 26.7. The monoisotopic (exact) mass is 610 g/mol. The molecule has 0 radical (unpaired) electrons. The highest BCUT2D eigenvalue weighted by Gasteiger charge is 2.44. The molecule has 0 spiro atoms. The lowest BCUT2D eigenvalue weighted by Crippen LogP contribution is -2.33. The van der Waals surface area contributed by atoms with Crippen LogP contribution in [0.15, 0.2) is 66.7 Å². The van der Waals surface area contributed by atoms with Gasteiger partial charge in [-0.2, -0.15) is 0 Å². The van der Waals surface area contributed by atoms with E-state index >= 15 is 4.57 Å². The SMILES string of the molecule is CC(C)(C)c1cc(C(C)(C)C)c(P2(=O)Cc3ccccc3C(I)=C2c2ccccc2)c(C(C)(C)C)c1. The molecule has 3 aromatic carbocycles. The summed E-state index contributed by atoms with van der Waals surface area (Å²) in [6, 6.07) is 23.7. The Labute approximate surface area is 232 Å². The van der Waals surface area contributed by atoms with Gasteiger partial charge in [0.2, 0.25) is 0 Å². The van der Waals surface area contributed by atoms with Crippen LogP contribution in [0.5, 0.6) is 0 Å². The molecular formula is C33H40IOP. The van der Waals surface area contributed by atoms with Crippen LogP contribution in [0, 0.1) is 0 Å². The first-order valence-electron chi connectivity index (χ1n) is 12.9. The lowest BCUT2D eigenvalue weighted by Gasteiger charge is -2.39. The second-order valence-electron chi connectivity index (χ2n) is 13.3. The summed E-state index contributed by atoms with van der Waals surface area (Å²) in [6.45, 7) is 20.4. The Balaban J connectivity index is 2.21. The van der Waals surface area contributed by atoms with Crippen molar-refractivity contribution in [2.24, 2.45) is 0 Å². The first-order chi connectivity index (χ1) is 16.5. The Hall–Kier alpha value is -1.64. The van der Waals surface area contributed by atoms with E-state index in [1.807, 2.05) is 6.07 Å². The van der Waals surface area contributed by atoms with Crippen molar-refractivity contribution in [3.8, 4) is 0 Å². The molecule has 1 aliphatic rings. The Bertz CT molecular complexity index is 1340. The normalized spacial score (nSPS) is 18.8. The zero-order valence-electron chi connectivity index (χ0n) is 23.3. The third-order valence-electron chi connectivity index (χ3n) is 7.22. The lowest BCUT2D eigenvalue weighted by molar-refractivity contribution is 0.549. The molecule has 1 unspecified atom stereocenters. The molecule has 190 valence electrons. The van der Waals surface area contributed by atoms with Gasteiger partial charge in [0.15, 0.2) is 0 Å². The number of hydrogen-bond acceptors (Lipinski definition) is 1. The molecule has 0 fully saturated rings. The van der Waals surface area contributed by atoms with Gasteiger partial charge in [0.05, 0.1) is 0 Å². The molecule has 4 rings (SSSR count). The fraction of sp³-hybridized carbons (Fsp3) is 0.394. The minimum Gasteiger partial charge on any atom is -0.313 e. The van der Waals surface area contributed by atoms with Gasteiger partial charge >= 0.3 is 0 Å². The molecule has 3 aromatic rings. The Kier molecular flexibility index (Phi) is 7.06. The lowest BCUT2D eigenvalue weighted by atomic mass is 9.75. The average Bonchev–Trinajstić information content (AvgIpc) is 2.77. The van der Waals surface area contributed by atoms with Crippen LogP contribution >= 0.6 is 29.7 Å². The highest BCUT2D eigenvalue weighted by Crippen LogP contribution is 2.68. The molecule has 0 aliphatic carbocycles. The van der Waals surface area contributed by atoms with Crippen LogP contribution in [0.3, 0.4) is 0 Å². The number of halogens is 1. The van der Waals surface area contributed by atoms with Crippen LogP contribution in [-0.4, -0.2) is 0 Å². The van der Waals surface area contributed by atoms with Gasteiger partial charge in [-0.3, -0.25) is 0 Å². The van der Waals surface area contributed by atoms with Crippen LogP contribution in [0.4, 0.5) is 0 Å². The number of rotatable bonds is 2. The molecule has 1 heterocycles. The van der Waals surface area contributed by atoms with Crippen molar-refractivity contribution >= 4 is 43.9 Å². The Morgan fingerprint density at radius 1 is 0.694 bits per heavy atom. The fourth-order valence-corrected chi connectivity index (χ4v) is 11.1. The van der Waals surface area contributed by atoms with E-state index in [1.165, 1.54) is 27.8 Å². The molecular weight excluding hydrogens is 570 g/mol. The number of benzene rings is 3. The van der Waals surface area contributed by atoms with E-state index in [-0.39, 0.29) is 16.2 Å². The third-order valence-corrected chi connectivity index (χ3v) is 12.0. The number of fused-ring (bicyclic) bond motifs is 1. The molecule has 1 nitrogen and oxygen atoms in total. The van der Waals surface area contributed by atoms with Crippen molar-refractivity contribution in [1.29, 1.82) is 0 Å².